The van der Waals surface area contributed by atoms with Crippen LogP contribution < -0.4 is 25.6 Å². The van der Waals surface area contributed by atoms with E-state index >= 15 is 0 Å². The van der Waals surface area contributed by atoms with Crippen LogP contribution in [0.5, 0.6) is 11.7 Å². The number of thioether (sulfide) groups is 1. The van der Waals surface area contributed by atoms with E-state index in [1.165, 1.54) is 16.8 Å². The number of aromatic nitrogens is 2. The smallest absolute Gasteiger partial charge is 0.298 e. The van der Waals surface area contributed by atoms with Gasteiger partial charge in [0.1, 0.15) is 5.75 Å². The zero-order valence-electron chi connectivity index (χ0n) is 15.6. The van der Waals surface area contributed by atoms with Crippen molar-refractivity contribution in [2.24, 2.45) is 5.73 Å². The molecule has 0 aliphatic carbocycles. The molecule has 0 bridgehead atoms. The van der Waals surface area contributed by atoms with Crippen LogP contribution in [-0.4, -0.2) is 29.4 Å². The lowest BCUT2D eigenvalue weighted by molar-refractivity contribution is -0.705. The number of carbonyl (C=O) groups excluding carboxylic acids is 2. The first-order valence-corrected chi connectivity index (χ1v) is 9.38. The number of hydrogen-bond donors (Lipinski definition) is 2. The Bertz CT molecular complexity index is 1020. The molecular weight excluding hydrogens is 396 g/mol. The molecule has 1 aromatic heterocycles. The lowest BCUT2D eigenvalue weighted by Crippen LogP contribution is -2.36. The number of amides is 2. The first-order valence-electron chi connectivity index (χ1n) is 8.50. The Hall–Kier alpha value is -3.53. The second-order valence-electron chi connectivity index (χ2n) is 5.97. The number of primary amides is 1. The quantitative estimate of drug-likeness (QED) is 0.439. The number of carbonyl (C=O) groups is 2. The highest BCUT2D eigenvalue weighted by molar-refractivity contribution is 8.00. The molecule has 0 saturated heterocycles. The molecule has 3 rings (SSSR count). The monoisotopic (exact) mass is 414 g/mol. The Labute approximate surface area is 170 Å². The van der Waals surface area contributed by atoms with E-state index in [1.54, 1.807) is 50.4 Å². The summed E-state index contributed by atoms with van der Waals surface area (Å²) in [6.07, 6.45) is 0. The maximum absolute atomic E-state index is 12.5. The maximum atomic E-state index is 12.5. The number of anilines is 1. The van der Waals surface area contributed by atoms with Gasteiger partial charge in [0.05, 0.1) is 17.6 Å². The molecule has 150 valence electrons. The van der Waals surface area contributed by atoms with Gasteiger partial charge in [0.25, 0.3) is 5.03 Å². The molecule has 0 radical (unpaired) electrons. The fraction of sp³-hybridized carbons (Fsp3) is 0.158. The molecule has 3 aromatic rings. The van der Waals surface area contributed by atoms with Crippen molar-refractivity contribution in [2.45, 2.75) is 17.2 Å². The molecule has 1 atom stereocenters. The van der Waals surface area contributed by atoms with Crippen molar-refractivity contribution >= 4 is 29.3 Å². The number of benzene rings is 2. The normalized spacial score (nSPS) is 11.7. The van der Waals surface area contributed by atoms with Gasteiger partial charge in [-0.2, -0.15) is 0 Å². The van der Waals surface area contributed by atoms with Gasteiger partial charge in [-0.1, -0.05) is 0 Å². The molecule has 0 fully saturated rings. The highest BCUT2D eigenvalue weighted by Gasteiger charge is 2.26. The van der Waals surface area contributed by atoms with Crippen LogP contribution in [-0.2, 0) is 4.79 Å². The summed E-state index contributed by atoms with van der Waals surface area (Å²) in [5, 5.41) is 18.1. The van der Waals surface area contributed by atoms with Crippen LogP contribution in [0.4, 0.5) is 5.69 Å². The molecule has 29 heavy (non-hydrogen) atoms. The van der Waals surface area contributed by atoms with Gasteiger partial charge in [-0.3, -0.25) is 9.59 Å². The number of nitrogens with two attached hydrogens (primary N) is 1. The third kappa shape index (κ3) is 4.66. The summed E-state index contributed by atoms with van der Waals surface area (Å²) >= 11 is 1.02. The maximum Gasteiger partial charge on any atom is 0.298 e. The van der Waals surface area contributed by atoms with E-state index in [4.69, 9.17) is 15.0 Å². The second kappa shape index (κ2) is 8.65. The van der Waals surface area contributed by atoms with Crippen molar-refractivity contribution in [3.63, 3.8) is 0 Å². The summed E-state index contributed by atoms with van der Waals surface area (Å²) in [4.78, 5) is 23.6. The summed E-state index contributed by atoms with van der Waals surface area (Å²) in [6, 6.07) is 13.1. The first-order chi connectivity index (χ1) is 13.9. The largest absolute Gasteiger partial charge is 0.538 e. The van der Waals surface area contributed by atoms with Crippen LogP contribution in [0, 0.1) is 0 Å². The van der Waals surface area contributed by atoms with Gasteiger partial charge >= 0.3 is 0 Å². The minimum atomic E-state index is -0.642. The molecule has 2 amide bonds. The van der Waals surface area contributed by atoms with E-state index in [1.807, 2.05) is 0 Å². The Morgan fingerprint density at radius 1 is 1.21 bits per heavy atom. The molecule has 0 saturated carbocycles. The number of hydrogen-bond acceptors (Lipinski definition) is 7. The van der Waals surface area contributed by atoms with Gasteiger partial charge < -0.3 is 25.4 Å². The minimum absolute atomic E-state index is 0.168. The van der Waals surface area contributed by atoms with E-state index in [0.29, 0.717) is 22.7 Å². The number of methoxy groups -OCH3 is 1. The zero-order chi connectivity index (χ0) is 21.0. The predicted octanol–water partition coefficient (Wildman–Crippen LogP) is 1.25. The number of nitrogens with zero attached hydrogens (tertiary/aromatic N) is 2. The summed E-state index contributed by atoms with van der Waals surface area (Å²) in [6.45, 7) is 1.66. The van der Waals surface area contributed by atoms with Gasteiger partial charge in [0, 0.05) is 23.4 Å². The average Bonchev–Trinajstić information content (AvgIpc) is 3.08. The van der Waals surface area contributed by atoms with Crippen LogP contribution in [0.1, 0.15) is 17.3 Å². The van der Waals surface area contributed by atoms with Gasteiger partial charge in [-0.25, -0.2) is 0 Å². The molecule has 1 heterocycles. The van der Waals surface area contributed by atoms with E-state index < -0.39 is 17.1 Å². The molecule has 3 N–H and O–H groups in total. The lowest BCUT2D eigenvalue weighted by Gasteiger charge is -2.10. The molecular formula is C19H18N4O5S. The Kier molecular flexibility index (Phi) is 6.03. The lowest BCUT2D eigenvalue weighted by atomic mass is 10.2. The van der Waals surface area contributed by atoms with Crippen molar-refractivity contribution in [2.75, 3.05) is 12.4 Å². The van der Waals surface area contributed by atoms with Crippen LogP contribution >= 0.6 is 11.8 Å². The zero-order valence-corrected chi connectivity index (χ0v) is 16.4. The van der Waals surface area contributed by atoms with E-state index in [2.05, 4.69) is 10.6 Å². The van der Waals surface area contributed by atoms with Gasteiger partial charge in [0.15, 0.2) is 5.95 Å². The number of nitrogens with one attached hydrogen (secondary N) is 1. The summed E-state index contributed by atoms with van der Waals surface area (Å²) in [7, 11) is 1.55. The average molecular weight is 414 g/mol. The minimum Gasteiger partial charge on any atom is -0.538 e. The second-order valence-corrected chi connectivity index (χ2v) is 7.30. The SMILES string of the molecule is COc1ccc(-[n+]2noc([O-])c2SC(C)C(=O)Nc2ccc(C(N)=O)cc2)cc1. The van der Waals surface area contributed by atoms with Crippen LogP contribution in [0.15, 0.2) is 58.1 Å². The fourth-order valence-corrected chi connectivity index (χ4v) is 3.28. The molecule has 0 aliphatic rings. The number of rotatable bonds is 7. The van der Waals surface area contributed by atoms with E-state index in [0.717, 1.165) is 11.8 Å². The third-order valence-electron chi connectivity index (χ3n) is 3.98. The highest BCUT2D eigenvalue weighted by atomic mass is 32.2. The van der Waals surface area contributed by atoms with Crippen LogP contribution in [0.25, 0.3) is 5.69 Å². The Balaban J connectivity index is 1.72. The molecule has 2 aromatic carbocycles. The van der Waals surface area contributed by atoms with Crippen molar-refractivity contribution in [3.8, 4) is 17.4 Å². The molecule has 0 spiro atoms. The summed E-state index contributed by atoms with van der Waals surface area (Å²) in [5.41, 5.74) is 6.63. The van der Waals surface area contributed by atoms with E-state index in [9.17, 15) is 14.7 Å². The third-order valence-corrected chi connectivity index (χ3v) is 5.11. The first kappa shape index (κ1) is 20.2. The Morgan fingerprint density at radius 2 is 1.86 bits per heavy atom. The standard InChI is InChI=1S/C19H18N4O5S/c1-11(17(25)21-13-5-3-12(4-6-13)16(20)24)29-18-19(26)28-22-23(18)14-7-9-15(27-2)10-8-14/h3-11H,1-2H3,(H3-,20,21,22,24,25,26). The summed E-state index contributed by atoms with van der Waals surface area (Å²) in [5.74, 6) is -0.866. The van der Waals surface area contributed by atoms with Crippen molar-refractivity contribution in [1.29, 1.82) is 0 Å². The fourth-order valence-electron chi connectivity index (χ4n) is 2.41. The molecule has 0 aliphatic heterocycles. The molecule has 10 heteroatoms. The van der Waals surface area contributed by atoms with E-state index in [-0.39, 0.29) is 10.9 Å². The highest BCUT2D eigenvalue weighted by Crippen LogP contribution is 2.28. The topological polar surface area (TPSA) is 134 Å². The number of ether oxygens (including phenoxy) is 1. The summed E-state index contributed by atoms with van der Waals surface area (Å²) < 4.78 is 11.2. The van der Waals surface area contributed by atoms with Gasteiger partial charge in [-0.15, -0.1) is 0 Å². The predicted molar refractivity (Wildman–Crippen MR) is 103 cm³/mol. The van der Waals surface area contributed by atoms with Crippen molar-refractivity contribution in [1.82, 2.24) is 5.27 Å². The van der Waals surface area contributed by atoms with Gasteiger partial charge in [0.2, 0.25) is 17.5 Å². The Morgan fingerprint density at radius 3 is 2.45 bits per heavy atom. The van der Waals surface area contributed by atoms with Crippen molar-refractivity contribution < 1.29 is 28.6 Å². The molecule has 9 nitrogen and oxygen atoms in total. The van der Waals surface area contributed by atoms with Gasteiger partial charge in [-0.05, 0) is 59.8 Å². The molecule has 1 unspecified atom stereocenters. The van der Waals surface area contributed by atoms with Crippen LogP contribution in [0.2, 0.25) is 0 Å². The van der Waals surface area contributed by atoms with Crippen LogP contribution in [0.3, 0.4) is 0 Å². The van der Waals surface area contributed by atoms with Crippen molar-refractivity contribution in [3.05, 3.63) is 54.1 Å².